The van der Waals surface area contributed by atoms with Crippen molar-refractivity contribution < 1.29 is 4.79 Å². The van der Waals surface area contributed by atoms with E-state index in [1.54, 1.807) is 0 Å². The van der Waals surface area contributed by atoms with Gasteiger partial charge in [-0.05, 0) is 54.9 Å². The first kappa shape index (κ1) is 17.1. The molecular weight excluding hydrogens is 308 g/mol. The van der Waals surface area contributed by atoms with Crippen molar-refractivity contribution in [1.82, 2.24) is 4.90 Å². The second-order valence-corrected chi connectivity index (χ2v) is 9.51. The van der Waals surface area contributed by atoms with E-state index in [4.69, 9.17) is 5.73 Å². The predicted molar refractivity (Wildman–Crippen MR) is 101 cm³/mol. The van der Waals surface area contributed by atoms with Crippen LogP contribution in [0.25, 0.3) is 0 Å². The normalized spacial score (nSPS) is 36.6. The largest absolute Gasteiger partial charge is 0.342 e. The summed E-state index contributed by atoms with van der Waals surface area (Å²) in [5.41, 5.74) is 7.47. The molecular formula is C22H32N2O. The Morgan fingerprint density at radius 1 is 1.20 bits per heavy atom. The SMILES string of the molecule is CC1(C)CN(C(=O)C2(Cc3ccccc3)CC3CCC2C3)CCC1N. The van der Waals surface area contributed by atoms with E-state index in [0.29, 0.717) is 11.8 Å². The van der Waals surface area contributed by atoms with Gasteiger partial charge < -0.3 is 10.6 Å². The summed E-state index contributed by atoms with van der Waals surface area (Å²) in [6, 6.07) is 10.8. The average molecular weight is 341 g/mol. The van der Waals surface area contributed by atoms with Crippen LogP contribution in [0.2, 0.25) is 0 Å². The Labute approximate surface area is 152 Å². The molecule has 3 heteroatoms. The molecule has 2 aliphatic carbocycles. The number of piperidine rings is 1. The van der Waals surface area contributed by atoms with Crippen LogP contribution >= 0.6 is 0 Å². The van der Waals surface area contributed by atoms with Gasteiger partial charge in [0.15, 0.2) is 0 Å². The molecule has 25 heavy (non-hydrogen) atoms. The first-order chi connectivity index (χ1) is 11.9. The zero-order valence-corrected chi connectivity index (χ0v) is 15.7. The third kappa shape index (κ3) is 2.91. The Hall–Kier alpha value is -1.35. The van der Waals surface area contributed by atoms with Gasteiger partial charge in [0.2, 0.25) is 5.91 Å². The Balaban J connectivity index is 1.62. The summed E-state index contributed by atoms with van der Waals surface area (Å²) < 4.78 is 0. The molecule has 4 atom stereocenters. The number of nitrogens with zero attached hydrogens (tertiary/aromatic N) is 1. The summed E-state index contributed by atoms with van der Waals surface area (Å²) in [5, 5.41) is 0. The number of rotatable bonds is 3. The summed E-state index contributed by atoms with van der Waals surface area (Å²) in [7, 11) is 0. The fraction of sp³-hybridized carbons (Fsp3) is 0.682. The molecule has 3 nitrogen and oxygen atoms in total. The van der Waals surface area contributed by atoms with Gasteiger partial charge in [0.1, 0.15) is 0 Å². The molecule has 3 fully saturated rings. The number of likely N-dealkylation sites (tertiary alicyclic amines) is 1. The van der Waals surface area contributed by atoms with Gasteiger partial charge in [0.05, 0.1) is 5.41 Å². The Morgan fingerprint density at radius 2 is 1.96 bits per heavy atom. The van der Waals surface area contributed by atoms with E-state index in [1.165, 1.54) is 24.8 Å². The first-order valence-corrected chi connectivity index (χ1v) is 10.00. The maximum Gasteiger partial charge on any atom is 0.229 e. The third-order valence-corrected chi connectivity index (χ3v) is 7.36. The Kier molecular flexibility index (Phi) is 4.18. The van der Waals surface area contributed by atoms with Gasteiger partial charge in [-0.1, -0.05) is 50.6 Å². The summed E-state index contributed by atoms with van der Waals surface area (Å²) >= 11 is 0. The Bertz CT molecular complexity index is 641. The third-order valence-electron chi connectivity index (χ3n) is 7.36. The fourth-order valence-electron chi connectivity index (χ4n) is 5.82. The van der Waals surface area contributed by atoms with Crippen LogP contribution in [-0.4, -0.2) is 29.9 Å². The lowest BCUT2D eigenvalue weighted by Crippen LogP contribution is -2.58. The highest BCUT2D eigenvalue weighted by Crippen LogP contribution is 2.58. The highest BCUT2D eigenvalue weighted by molar-refractivity contribution is 5.84. The molecule has 1 heterocycles. The number of nitrogens with two attached hydrogens (primary N) is 1. The standard InChI is InChI=1S/C22H32N2O/c1-21(2)15-24(11-10-19(21)23)20(25)22(13-16-6-4-3-5-7-16)14-17-8-9-18(22)12-17/h3-7,17-19H,8-15,23H2,1-2H3. The number of carbonyl (C=O) groups excluding carboxylic acids is 1. The van der Waals surface area contributed by atoms with Crippen molar-refractivity contribution in [1.29, 1.82) is 0 Å². The molecule has 2 N–H and O–H groups in total. The zero-order chi connectivity index (χ0) is 17.7. The molecule has 136 valence electrons. The van der Waals surface area contributed by atoms with Crippen molar-refractivity contribution in [2.24, 2.45) is 28.4 Å². The lowest BCUT2D eigenvalue weighted by atomic mass is 9.67. The minimum atomic E-state index is -0.165. The molecule has 2 bridgehead atoms. The predicted octanol–water partition coefficient (Wildman–Crippen LogP) is 3.62. The van der Waals surface area contributed by atoms with Gasteiger partial charge in [-0.3, -0.25) is 4.79 Å². The van der Waals surface area contributed by atoms with Crippen LogP contribution < -0.4 is 5.73 Å². The quantitative estimate of drug-likeness (QED) is 0.913. The minimum Gasteiger partial charge on any atom is -0.342 e. The number of amides is 1. The highest BCUT2D eigenvalue weighted by Gasteiger charge is 2.57. The van der Waals surface area contributed by atoms with Crippen LogP contribution in [0.1, 0.15) is 51.5 Å². The molecule has 0 spiro atoms. The molecule has 0 aromatic heterocycles. The van der Waals surface area contributed by atoms with Crippen LogP contribution in [-0.2, 0) is 11.2 Å². The van der Waals surface area contributed by atoms with E-state index >= 15 is 0 Å². The number of hydrogen-bond acceptors (Lipinski definition) is 2. The number of carbonyl (C=O) groups is 1. The molecule has 1 saturated heterocycles. The fourth-order valence-corrected chi connectivity index (χ4v) is 5.82. The number of hydrogen-bond donors (Lipinski definition) is 1. The minimum absolute atomic E-state index is 0.0134. The zero-order valence-electron chi connectivity index (χ0n) is 15.7. The van der Waals surface area contributed by atoms with E-state index in [9.17, 15) is 4.79 Å². The molecule has 4 unspecified atom stereocenters. The lowest BCUT2D eigenvalue weighted by Gasteiger charge is -2.47. The molecule has 1 aliphatic heterocycles. The first-order valence-electron chi connectivity index (χ1n) is 10.00. The Morgan fingerprint density at radius 3 is 2.56 bits per heavy atom. The van der Waals surface area contributed by atoms with Crippen LogP contribution in [0.15, 0.2) is 30.3 Å². The molecule has 2 saturated carbocycles. The van der Waals surface area contributed by atoms with Crippen LogP contribution in [0.3, 0.4) is 0 Å². The van der Waals surface area contributed by atoms with Gasteiger partial charge in [-0.2, -0.15) is 0 Å². The van der Waals surface area contributed by atoms with E-state index in [2.05, 4.69) is 49.1 Å². The van der Waals surface area contributed by atoms with Crippen molar-refractivity contribution in [2.45, 2.75) is 58.4 Å². The molecule has 1 amide bonds. The molecule has 1 aromatic rings. The van der Waals surface area contributed by atoms with Crippen molar-refractivity contribution in [3.8, 4) is 0 Å². The molecule has 3 aliphatic rings. The van der Waals surface area contributed by atoms with Crippen LogP contribution in [0.4, 0.5) is 0 Å². The summed E-state index contributed by atoms with van der Waals surface area (Å²) in [5.74, 6) is 1.75. The monoisotopic (exact) mass is 340 g/mol. The maximum absolute atomic E-state index is 13.8. The van der Waals surface area contributed by atoms with Crippen molar-refractivity contribution in [3.05, 3.63) is 35.9 Å². The lowest BCUT2D eigenvalue weighted by molar-refractivity contribution is -0.149. The van der Waals surface area contributed by atoms with Crippen LogP contribution in [0.5, 0.6) is 0 Å². The van der Waals surface area contributed by atoms with Gasteiger partial charge in [-0.15, -0.1) is 0 Å². The van der Waals surface area contributed by atoms with Gasteiger partial charge in [0, 0.05) is 19.1 Å². The smallest absolute Gasteiger partial charge is 0.229 e. The summed E-state index contributed by atoms with van der Waals surface area (Å²) in [6.45, 7) is 6.06. The number of benzene rings is 1. The maximum atomic E-state index is 13.8. The topological polar surface area (TPSA) is 46.3 Å². The summed E-state index contributed by atoms with van der Waals surface area (Å²) in [6.07, 6.45) is 6.75. The van der Waals surface area contributed by atoms with Crippen molar-refractivity contribution in [3.63, 3.8) is 0 Å². The van der Waals surface area contributed by atoms with E-state index in [-0.39, 0.29) is 16.9 Å². The second-order valence-electron chi connectivity index (χ2n) is 9.51. The van der Waals surface area contributed by atoms with E-state index in [0.717, 1.165) is 38.3 Å². The highest BCUT2D eigenvalue weighted by atomic mass is 16.2. The second kappa shape index (κ2) is 6.12. The summed E-state index contributed by atoms with van der Waals surface area (Å²) in [4.78, 5) is 16.0. The van der Waals surface area contributed by atoms with Gasteiger partial charge in [-0.25, -0.2) is 0 Å². The average Bonchev–Trinajstić information content (AvgIpc) is 3.19. The molecule has 0 radical (unpaired) electrons. The van der Waals surface area contributed by atoms with Crippen LogP contribution in [0, 0.1) is 22.7 Å². The van der Waals surface area contributed by atoms with Crippen molar-refractivity contribution >= 4 is 5.91 Å². The number of fused-ring (bicyclic) bond motifs is 2. The van der Waals surface area contributed by atoms with E-state index in [1.807, 2.05) is 0 Å². The van der Waals surface area contributed by atoms with Gasteiger partial charge >= 0.3 is 0 Å². The van der Waals surface area contributed by atoms with Crippen molar-refractivity contribution in [2.75, 3.05) is 13.1 Å². The molecule has 1 aromatic carbocycles. The van der Waals surface area contributed by atoms with Gasteiger partial charge in [0.25, 0.3) is 0 Å². The molecule has 4 rings (SSSR count). The van der Waals surface area contributed by atoms with E-state index < -0.39 is 0 Å².